The highest BCUT2D eigenvalue weighted by Crippen LogP contribution is 2.19. The van der Waals surface area contributed by atoms with Crippen LogP contribution in [0.15, 0.2) is 24.1 Å². The van der Waals surface area contributed by atoms with E-state index in [9.17, 15) is 4.79 Å². The lowest BCUT2D eigenvalue weighted by molar-refractivity contribution is -0.124. The molecule has 0 spiro atoms. The molecule has 0 saturated carbocycles. The summed E-state index contributed by atoms with van der Waals surface area (Å²) >= 11 is 0. The van der Waals surface area contributed by atoms with Crippen molar-refractivity contribution in [1.29, 1.82) is 0 Å². The van der Waals surface area contributed by atoms with Crippen molar-refractivity contribution >= 4 is 5.91 Å². The number of carbonyl (C=O) groups excluding carboxylic acids is 1. The standard InChI is InChI=1S/C19H30N2O2/c1-5-6-7-8-11-15(2)19(22)20-13-10-9-12-17-18(23-4)14-16(3)21-17/h1,14-15,17,21H,3,6-13H2,2,4H3,(H,20,22)/t15-,17+/m1/s1. The molecule has 0 aromatic carbocycles. The average molecular weight is 318 g/mol. The van der Waals surface area contributed by atoms with Gasteiger partial charge in [0.25, 0.3) is 0 Å². The van der Waals surface area contributed by atoms with Gasteiger partial charge >= 0.3 is 0 Å². The summed E-state index contributed by atoms with van der Waals surface area (Å²) in [4.78, 5) is 12.0. The Morgan fingerprint density at radius 3 is 2.96 bits per heavy atom. The van der Waals surface area contributed by atoms with Crippen LogP contribution in [0.25, 0.3) is 0 Å². The van der Waals surface area contributed by atoms with Gasteiger partial charge in [-0.1, -0.05) is 19.9 Å². The number of methoxy groups -OCH3 is 1. The van der Waals surface area contributed by atoms with Gasteiger partial charge in [-0.2, -0.15) is 0 Å². The lowest BCUT2D eigenvalue weighted by Gasteiger charge is -2.15. The largest absolute Gasteiger partial charge is 0.499 e. The number of hydrogen-bond donors (Lipinski definition) is 2. The first-order valence-corrected chi connectivity index (χ1v) is 8.50. The van der Waals surface area contributed by atoms with Gasteiger partial charge in [-0.3, -0.25) is 4.79 Å². The predicted octanol–water partition coefficient (Wildman–Crippen LogP) is 3.12. The summed E-state index contributed by atoms with van der Waals surface area (Å²) in [5, 5.41) is 6.31. The highest BCUT2D eigenvalue weighted by Gasteiger charge is 2.20. The minimum atomic E-state index is 0.0654. The van der Waals surface area contributed by atoms with Crippen LogP contribution in [0.3, 0.4) is 0 Å². The maximum atomic E-state index is 12.0. The van der Waals surface area contributed by atoms with Crippen molar-refractivity contribution < 1.29 is 9.53 Å². The molecule has 0 aromatic heterocycles. The molecule has 0 saturated heterocycles. The molecule has 1 aliphatic heterocycles. The van der Waals surface area contributed by atoms with Crippen LogP contribution in [0.2, 0.25) is 0 Å². The van der Waals surface area contributed by atoms with E-state index in [1.165, 1.54) is 0 Å². The van der Waals surface area contributed by atoms with E-state index in [0.29, 0.717) is 0 Å². The average Bonchev–Trinajstić information content (AvgIpc) is 2.90. The van der Waals surface area contributed by atoms with E-state index in [0.717, 1.165) is 62.9 Å². The van der Waals surface area contributed by atoms with Gasteiger partial charge < -0.3 is 15.4 Å². The normalized spacial score (nSPS) is 17.9. The number of ether oxygens (including phenoxy) is 1. The topological polar surface area (TPSA) is 50.4 Å². The van der Waals surface area contributed by atoms with Crippen LogP contribution in [0.1, 0.15) is 51.9 Å². The van der Waals surface area contributed by atoms with E-state index in [2.05, 4.69) is 23.1 Å². The second-order valence-electron chi connectivity index (χ2n) is 6.11. The van der Waals surface area contributed by atoms with Gasteiger partial charge in [0.2, 0.25) is 5.91 Å². The summed E-state index contributed by atoms with van der Waals surface area (Å²) in [7, 11) is 1.68. The molecule has 4 nitrogen and oxygen atoms in total. The molecule has 2 N–H and O–H groups in total. The zero-order chi connectivity index (χ0) is 17.1. The molecule has 0 bridgehead atoms. The van der Waals surface area contributed by atoms with Crippen molar-refractivity contribution in [2.45, 2.75) is 57.9 Å². The van der Waals surface area contributed by atoms with Crippen molar-refractivity contribution in [1.82, 2.24) is 10.6 Å². The number of amides is 1. The highest BCUT2D eigenvalue weighted by atomic mass is 16.5. The highest BCUT2D eigenvalue weighted by molar-refractivity contribution is 5.78. The molecule has 0 radical (unpaired) electrons. The molecule has 1 amide bonds. The Morgan fingerprint density at radius 2 is 2.26 bits per heavy atom. The third-order valence-electron chi connectivity index (χ3n) is 4.13. The number of carbonyl (C=O) groups is 1. The lowest BCUT2D eigenvalue weighted by Crippen LogP contribution is -2.30. The first-order valence-electron chi connectivity index (χ1n) is 8.50. The summed E-state index contributed by atoms with van der Waals surface area (Å²) in [6.45, 7) is 6.60. The second kappa shape index (κ2) is 10.8. The minimum Gasteiger partial charge on any atom is -0.499 e. The minimum absolute atomic E-state index is 0.0654. The zero-order valence-electron chi connectivity index (χ0n) is 14.5. The van der Waals surface area contributed by atoms with Crippen molar-refractivity contribution in [3.63, 3.8) is 0 Å². The number of unbranched alkanes of at least 4 members (excludes halogenated alkanes) is 3. The Balaban J connectivity index is 2.08. The van der Waals surface area contributed by atoms with Crippen LogP contribution in [-0.4, -0.2) is 25.6 Å². The van der Waals surface area contributed by atoms with Crippen LogP contribution in [0, 0.1) is 18.3 Å². The first-order chi connectivity index (χ1) is 11.1. The van der Waals surface area contributed by atoms with E-state index in [4.69, 9.17) is 11.2 Å². The SMILES string of the molecule is C#CCCCC[C@@H](C)C(=O)NCCCC[C@@H]1NC(=C)C=C1OC. The fourth-order valence-corrected chi connectivity index (χ4v) is 2.69. The van der Waals surface area contributed by atoms with Gasteiger partial charge in [-0.25, -0.2) is 0 Å². The Labute approximate surface area is 140 Å². The van der Waals surface area contributed by atoms with E-state index >= 15 is 0 Å². The molecule has 23 heavy (non-hydrogen) atoms. The maximum Gasteiger partial charge on any atom is 0.222 e. The van der Waals surface area contributed by atoms with E-state index in [1.54, 1.807) is 7.11 Å². The molecule has 0 aliphatic carbocycles. The van der Waals surface area contributed by atoms with Crippen molar-refractivity contribution in [2.24, 2.45) is 5.92 Å². The van der Waals surface area contributed by atoms with Gasteiger partial charge in [0.1, 0.15) is 5.76 Å². The smallest absolute Gasteiger partial charge is 0.222 e. The summed E-state index contributed by atoms with van der Waals surface area (Å²) < 4.78 is 5.33. The molecule has 128 valence electrons. The van der Waals surface area contributed by atoms with Crippen molar-refractivity contribution in [3.05, 3.63) is 24.1 Å². The van der Waals surface area contributed by atoms with Gasteiger partial charge in [0.15, 0.2) is 0 Å². The van der Waals surface area contributed by atoms with Crippen LogP contribution in [0.4, 0.5) is 0 Å². The van der Waals surface area contributed by atoms with Crippen molar-refractivity contribution in [3.8, 4) is 12.3 Å². The van der Waals surface area contributed by atoms with Gasteiger partial charge in [-0.15, -0.1) is 12.3 Å². The van der Waals surface area contributed by atoms with Gasteiger partial charge in [-0.05, 0) is 32.1 Å². The molecular weight excluding hydrogens is 288 g/mol. The van der Waals surface area contributed by atoms with E-state index in [1.807, 2.05) is 13.0 Å². The quantitative estimate of drug-likeness (QED) is 0.454. The number of hydrogen-bond acceptors (Lipinski definition) is 3. The maximum absolute atomic E-state index is 12.0. The summed E-state index contributed by atoms with van der Waals surface area (Å²) in [5.74, 6) is 3.79. The second-order valence-corrected chi connectivity index (χ2v) is 6.11. The molecule has 4 heteroatoms. The molecular formula is C19H30N2O2. The van der Waals surface area contributed by atoms with E-state index in [-0.39, 0.29) is 17.9 Å². The Bertz CT molecular complexity index is 462. The molecule has 1 rings (SSSR count). The van der Waals surface area contributed by atoms with Crippen LogP contribution >= 0.6 is 0 Å². The summed E-state index contributed by atoms with van der Waals surface area (Å²) in [6, 6.07) is 0.221. The third kappa shape index (κ3) is 7.27. The van der Waals surface area contributed by atoms with Crippen molar-refractivity contribution in [2.75, 3.05) is 13.7 Å². The molecule has 0 fully saturated rings. The Hall–Kier alpha value is -1.89. The Morgan fingerprint density at radius 1 is 1.48 bits per heavy atom. The number of terminal acetylenes is 1. The molecule has 0 unspecified atom stereocenters. The van der Waals surface area contributed by atoms with Crippen LogP contribution in [0.5, 0.6) is 0 Å². The molecule has 1 heterocycles. The van der Waals surface area contributed by atoms with Crippen LogP contribution < -0.4 is 10.6 Å². The molecule has 0 aromatic rings. The fourth-order valence-electron chi connectivity index (χ4n) is 2.69. The predicted molar refractivity (Wildman–Crippen MR) is 94.5 cm³/mol. The number of rotatable bonds is 11. The van der Waals surface area contributed by atoms with Gasteiger partial charge in [0, 0.05) is 30.7 Å². The molecule has 1 aliphatic rings. The zero-order valence-corrected chi connectivity index (χ0v) is 14.5. The lowest BCUT2D eigenvalue weighted by atomic mass is 10.0. The summed E-state index contributed by atoms with van der Waals surface area (Å²) in [6.07, 6.45) is 13.9. The summed E-state index contributed by atoms with van der Waals surface area (Å²) in [5.41, 5.74) is 0.902. The van der Waals surface area contributed by atoms with Crippen LogP contribution in [-0.2, 0) is 9.53 Å². The number of nitrogens with one attached hydrogen (secondary N) is 2. The number of allylic oxidation sites excluding steroid dienone is 1. The third-order valence-corrected chi connectivity index (χ3v) is 4.13. The first kappa shape index (κ1) is 19.2. The van der Waals surface area contributed by atoms with Gasteiger partial charge in [0.05, 0.1) is 13.2 Å². The monoisotopic (exact) mass is 318 g/mol. The molecule has 2 atom stereocenters. The fraction of sp³-hybridized carbons (Fsp3) is 0.632. The Kier molecular flexibility index (Phi) is 8.97. The van der Waals surface area contributed by atoms with E-state index < -0.39 is 0 Å².